The van der Waals surface area contributed by atoms with E-state index >= 15 is 0 Å². The molecule has 2 nitrogen and oxygen atoms in total. The molecule has 0 aliphatic heterocycles. The van der Waals surface area contributed by atoms with Gasteiger partial charge in [0.15, 0.2) is 0 Å². The highest BCUT2D eigenvalue weighted by Crippen LogP contribution is 2.48. The van der Waals surface area contributed by atoms with Crippen molar-refractivity contribution >= 4 is 71.2 Å². The normalized spacial score (nSPS) is 11.6. The van der Waals surface area contributed by atoms with E-state index in [1.54, 1.807) is 0 Å². The van der Waals surface area contributed by atoms with Crippen molar-refractivity contribution in [3.05, 3.63) is 255 Å². The Balaban J connectivity index is 1.02. The van der Waals surface area contributed by atoms with E-state index in [0.29, 0.717) is 0 Å². The molecular weight excluding hydrogens is 797 g/mol. The van der Waals surface area contributed by atoms with Crippen molar-refractivity contribution in [2.75, 3.05) is 4.90 Å². The van der Waals surface area contributed by atoms with Gasteiger partial charge in [0, 0.05) is 32.8 Å². The molecule has 0 N–H and O–H groups in total. The summed E-state index contributed by atoms with van der Waals surface area (Å²) in [5.74, 6) is 0. The minimum absolute atomic E-state index is 1.09. The first-order valence-corrected chi connectivity index (χ1v) is 22.8. The van der Waals surface area contributed by atoms with Gasteiger partial charge in [0.1, 0.15) is 0 Å². The Morgan fingerprint density at radius 1 is 0.258 bits per heavy atom. The van der Waals surface area contributed by atoms with Gasteiger partial charge in [0.25, 0.3) is 0 Å². The Bertz CT molecular complexity index is 3850. The molecule has 13 rings (SSSR count). The predicted octanol–water partition coefficient (Wildman–Crippen LogP) is 17.8. The molecule has 308 valence electrons. The third-order valence-electron chi connectivity index (χ3n) is 13.6. The van der Waals surface area contributed by atoms with E-state index in [9.17, 15) is 0 Å². The smallest absolute Gasteiger partial charge is 0.0541 e. The second-order valence-electron chi connectivity index (χ2n) is 17.2. The fourth-order valence-electron chi connectivity index (χ4n) is 10.5. The van der Waals surface area contributed by atoms with E-state index in [4.69, 9.17) is 0 Å². The van der Waals surface area contributed by atoms with E-state index in [0.717, 1.165) is 28.2 Å². The van der Waals surface area contributed by atoms with Crippen molar-refractivity contribution in [2.45, 2.75) is 0 Å². The Hall–Kier alpha value is -8.72. The molecule has 2 heteroatoms. The summed E-state index contributed by atoms with van der Waals surface area (Å²) >= 11 is 0. The van der Waals surface area contributed by atoms with E-state index in [1.807, 2.05) is 0 Å². The van der Waals surface area contributed by atoms with Crippen LogP contribution >= 0.6 is 0 Å². The van der Waals surface area contributed by atoms with Crippen LogP contribution in [0.3, 0.4) is 0 Å². The molecule has 12 aromatic carbocycles. The highest BCUT2D eigenvalue weighted by Gasteiger charge is 2.23. The Kier molecular flexibility index (Phi) is 8.89. The van der Waals surface area contributed by atoms with E-state index in [-0.39, 0.29) is 0 Å². The molecule has 0 atom stereocenters. The molecule has 13 aromatic rings. The van der Waals surface area contributed by atoms with Crippen LogP contribution in [0, 0.1) is 0 Å². The average molecular weight is 839 g/mol. The SMILES string of the molecule is c1ccc(-c2ccc(-c3ccccc3N(c3ccc(-c4ccccc4-c4ccccc4)cc3)c3ccc4ccc5c(-n6c7ccccc7c7ccccc76)ccc6ccc3c4c65)cc2)cc1. The van der Waals surface area contributed by atoms with Crippen molar-refractivity contribution in [3.63, 3.8) is 0 Å². The van der Waals surface area contributed by atoms with Crippen molar-refractivity contribution < 1.29 is 0 Å². The fourth-order valence-corrected chi connectivity index (χ4v) is 10.5. The van der Waals surface area contributed by atoms with Crippen molar-refractivity contribution in [1.29, 1.82) is 0 Å². The number of benzene rings is 12. The summed E-state index contributed by atoms with van der Waals surface area (Å²) in [4.78, 5) is 2.48. The van der Waals surface area contributed by atoms with Gasteiger partial charge in [-0.2, -0.15) is 0 Å². The number of nitrogens with zero attached hydrogens (tertiary/aromatic N) is 2. The largest absolute Gasteiger partial charge is 0.309 e. The predicted molar refractivity (Wildman–Crippen MR) is 281 cm³/mol. The lowest BCUT2D eigenvalue weighted by Gasteiger charge is -2.30. The van der Waals surface area contributed by atoms with E-state index in [1.165, 1.54) is 93.2 Å². The number of aromatic nitrogens is 1. The molecule has 1 heterocycles. The average Bonchev–Trinajstić information content (AvgIpc) is 3.73. The van der Waals surface area contributed by atoms with Gasteiger partial charge in [-0.1, -0.05) is 212 Å². The summed E-state index contributed by atoms with van der Waals surface area (Å²) in [6.45, 7) is 0. The number of rotatable bonds is 8. The fraction of sp³-hybridized carbons (Fsp3) is 0. The molecule has 0 bridgehead atoms. The summed E-state index contributed by atoms with van der Waals surface area (Å²) in [5.41, 5.74) is 16.5. The van der Waals surface area contributed by atoms with Gasteiger partial charge in [-0.15, -0.1) is 0 Å². The summed E-state index contributed by atoms with van der Waals surface area (Å²) in [6, 6.07) is 93.2. The van der Waals surface area contributed by atoms with Crippen LogP contribution in [0.1, 0.15) is 0 Å². The molecule has 0 aliphatic carbocycles. The van der Waals surface area contributed by atoms with E-state index in [2.05, 4.69) is 264 Å². The van der Waals surface area contributed by atoms with Gasteiger partial charge < -0.3 is 9.47 Å². The molecule has 1 aromatic heterocycles. The van der Waals surface area contributed by atoms with Gasteiger partial charge in [0.05, 0.1) is 28.1 Å². The van der Waals surface area contributed by atoms with Crippen LogP contribution in [0.25, 0.3) is 104 Å². The topological polar surface area (TPSA) is 8.17 Å². The highest BCUT2D eigenvalue weighted by molar-refractivity contribution is 6.27. The first-order chi connectivity index (χ1) is 32.8. The number of para-hydroxylation sites is 3. The number of anilines is 3. The van der Waals surface area contributed by atoms with Crippen molar-refractivity contribution in [1.82, 2.24) is 4.57 Å². The third-order valence-corrected chi connectivity index (χ3v) is 13.6. The summed E-state index contributed by atoms with van der Waals surface area (Å²) in [6.07, 6.45) is 0. The molecule has 66 heavy (non-hydrogen) atoms. The lowest BCUT2D eigenvalue weighted by Crippen LogP contribution is -2.12. The maximum Gasteiger partial charge on any atom is 0.0541 e. The van der Waals surface area contributed by atoms with Gasteiger partial charge in [0.2, 0.25) is 0 Å². The summed E-state index contributed by atoms with van der Waals surface area (Å²) in [7, 11) is 0. The second-order valence-corrected chi connectivity index (χ2v) is 17.2. The lowest BCUT2D eigenvalue weighted by molar-refractivity contribution is 1.20. The number of hydrogen-bond acceptors (Lipinski definition) is 1. The quantitative estimate of drug-likeness (QED) is 0.138. The van der Waals surface area contributed by atoms with Crippen LogP contribution in [-0.4, -0.2) is 4.57 Å². The van der Waals surface area contributed by atoms with E-state index < -0.39 is 0 Å². The van der Waals surface area contributed by atoms with Gasteiger partial charge >= 0.3 is 0 Å². The Morgan fingerprint density at radius 3 is 1.36 bits per heavy atom. The second kappa shape index (κ2) is 15.5. The summed E-state index contributed by atoms with van der Waals surface area (Å²) < 4.78 is 2.46. The maximum atomic E-state index is 2.48. The molecular formula is C64H42N2. The third kappa shape index (κ3) is 6.11. The zero-order chi connectivity index (χ0) is 43.6. The summed E-state index contributed by atoms with van der Waals surface area (Å²) in [5, 5.41) is 9.98. The lowest BCUT2D eigenvalue weighted by atomic mass is 9.91. The van der Waals surface area contributed by atoms with Crippen molar-refractivity contribution in [2.24, 2.45) is 0 Å². The van der Waals surface area contributed by atoms with Gasteiger partial charge in [-0.25, -0.2) is 0 Å². The molecule has 0 saturated heterocycles. The zero-order valence-electron chi connectivity index (χ0n) is 36.1. The van der Waals surface area contributed by atoms with Crippen LogP contribution in [0.15, 0.2) is 255 Å². The van der Waals surface area contributed by atoms with Crippen LogP contribution < -0.4 is 4.90 Å². The standard InChI is InChI=1S/C64H42N2/c1-3-15-43(16-4-1)44-27-29-47(30-28-44)53-21-9-12-24-58(53)65(50-37-31-46(32-38-50)52-20-8-7-19-51(52)45-17-5-2-6-18-45)61-41-35-48-34-40-57-62(42-36-49-33-39-56(61)63(48)64(49)57)66-59-25-13-10-22-54(59)55-23-11-14-26-60(55)66/h1-42H. The monoisotopic (exact) mass is 838 g/mol. The van der Waals surface area contributed by atoms with Crippen LogP contribution in [0.4, 0.5) is 17.1 Å². The first kappa shape index (κ1) is 37.8. The maximum absolute atomic E-state index is 2.48. The minimum Gasteiger partial charge on any atom is -0.309 e. The van der Waals surface area contributed by atoms with Crippen LogP contribution in [0.2, 0.25) is 0 Å². The van der Waals surface area contributed by atoms with Crippen molar-refractivity contribution in [3.8, 4) is 50.2 Å². The molecule has 0 fully saturated rings. The molecule has 0 aliphatic rings. The molecule has 0 spiro atoms. The molecule has 0 saturated carbocycles. The highest BCUT2D eigenvalue weighted by atomic mass is 15.1. The molecule has 0 amide bonds. The molecule has 0 unspecified atom stereocenters. The molecule has 0 radical (unpaired) electrons. The van der Waals surface area contributed by atoms with Crippen LogP contribution in [0.5, 0.6) is 0 Å². The first-order valence-electron chi connectivity index (χ1n) is 22.8. The van der Waals surface area contributed by atoms with Gasteiger partial charge in [-0.05, 0) is 103 Å². The number of hydrogen-bond donors (Lipinski definition) is 0. The Labute approximate surface area is 383 Å². The number of fused-ring (bicyclic) bond motifs is 3. The Morgan fingerprint density at radius 2 is 0.697 bits per heavy atom. The van der Waals surface area contributed by atoms with Gasteiger partial charge in [-0.3, -0.25) is 0 Å². The minimum atomic E-state index is 1.09. The zero-order valence-corrected chi connectivity index (χ0v) is 36.1. The van der Waals surface area contributed by atoms with Crippen LogP contribution in [-0.2, 0) is 0 Å².